The molecule has 5 nitrogen and oxygen atoms in total. The molecule has 0 radical (unpaired) electrons. The predicted octanol–water partition coefficient (Wildman–Crippen LogP) is 3.79. The lowest BCUT2D eigenvalue weighted by molar-refractivity contribution is -0.138. The summed E-state index contributed by atoms with van der Waals surface area (Å²) in [4.78, 5) is 13.5. The number of carboxylic acid groups (broad SMARTS) is 1. The van der Waals surface area contributed by atoms with Gasteiger partial charge in [0.1, 0.15) is 0 Å². The summed E-state index contributed by atoms with van der Waals surface area (Å²) < 4.78 is 2.16. The molecule has 2 fully saturated rings. The molecule has 0 atom stereocenters. The van der Waals surface area contributed by atoms with E-state index in [2.05, 4.69) is 34.6 Å². The van der Waals surface area contributed by atoms with Crippen molar-refractivity contribution in [2.45, 2.75) is 71.9 Å². The molecular formula is C20H33N3O2. The van der Waals surface area contributed by atoms with Crippen molar-refractivity contribution >= 4 is 5.97 Å². The second-order valence-corrected chi connectivity index (χ2v) is 8.72. The van der Waals surface area contributed by atoms with Crippen LogP contribution < -0.4 is 0 Å². The molecule has 2 aliphatic rings. The summed E-state index contributed by atoms with van der Waals surface area (Å²) in [7, 11) is 0. The Labute approximate surface area is 151 Å². The molecule has 1 aromatic heterocycles. The lowest BCUT2D eigenvalue weighted by atomic mass is 9.65. The molecule has 3 rings (SSSR count). The third kappa shape index (κ3) is 4.84. The van der Waals surface area contributed by atoms with Crippen LogP contribution in [0.15, 0.2) is 12.3 Å². The molecule has 1 saturated heterocycles. The van der Waals surface area contributed by atoms with Crippen molar-refractivity contribution in [2.75, 3.05) is 13.1 Å². The standard InChI is InChI=1S/C20H33N3O2/c1-16(2)14-23-18(5-10-21-23)15-22-11-8-20(9-12-22)6-3-17(4-7-20)13-19(24)25/h5,10,16-17H,3-4,6-9,11-15H2,1-2H3,(H,24,25). The molecule has 1 spiro atoms. The van der Waals surface area contributed by atoms with Crippen molar-refractivity contribution in [1.29, 1.82) is 0 Å². The molecule has 0 bridgehead atoms. The van der Waals surface area contributed by atoms with Gasteiger partial charge in [0, 0.05) is 25.7 Å². The fourth-order valence-corrected chi connectivity index (χ4v) is 4.66. The summed E-state index contributed by atoms with van der Waals surface area (Å²) in [5, 5.41) is 13.5. The van der Waals surface area contributed by atoms with Gasteiger partial charge in [-0.2, -0.15) is 5.10 Å². The zero-order valence-electron chi connectivity index (χ0n) is 15.8. The molecule has 1 aromatic rings. The highest BCUT2D eigenvalue weighted by molar-refractivity contribution is 5.67. The van der Waals surface area contributed by atoms with E-state index >= 15 is 0 Å². The monoisotopic (exact) mass is 347 g/mol. The number of aromatic nitrogens is 2. The Morgan fingerprint density at radius 2 is 1.96 bits per heavy atom. The quantitative estimate of drug-likeness (QED) is 0.851. The molecule has 1 aliphatic carbocycles. The number of carbonyl (C=O) groups is 1. The SMILES string of the molecule is CC(C)Cn1nccc1CN1CCC2(CCC(CC(=O)O)CC2)CC1. The number of carboxylic acids is 1. The van der Waals surface area contributed by atoms with Crippen molar-refractivity contribution in [1.82, 2.24) is 14.7 Å². The van der Waals surface area contributed by atoms with E-state index in [9.17, 15) is 4.79 Å². The van der Waals surface area contributed by atoms with Crippen LogP contribution in [-0.2, 0) is 17.9 Å². The summed E-state index contributed by atoms with van der Waals surface area (Å²) in [6.07, 6.45) is 9.49. The van der Waals surface area contributed by atoms with Gasteiger partial charge in [0.15, 0.2) is 0 Å². The highest BCUT2D eigenvalue weighted by atomic mass is 16.4. The first-order valence-corrected chi connectivity index (χ1v) is 9.91. The topological polar surface area (TPSA) is 58.4 Å². The van der Waals surface area contributed by atoms with Crippen LogP contribution in [0.5, 0.6) is 0 Å². The number of hydrogen-bond acceptors (Lipinski definition) is 3. The van der Waals surface area contributed by atoms with Crippen molar-refractivity contribution in [2.24, 2.45) is 17.3 Å². The second kappa shape index (κ2) is 7.90. The smallest absolute Gasteiger partial charge is 0.303 e. The summed E-state index contributed by atoms with van der Waals surface area (Å²) in [6, 6.07) is 2.16. The Bertz CT molecular complexity index is 563. The van der Waals surface area contributed by atoms with Crippen LogP contribution in [0.25, 0.3) is 0 Å². The Morgan fingerprint density at radius 1 is 1.28 bits per heavy atom. The van der Waals surface area contributed by atoms with Crippen LogP contribution in [0.4, 0.5) is 0 Å². The fraction of sp³-hybridized carbons (Fsp3) is 0.800. The normalized spacial score (nSPS) is 21.9. The first-order valence-electron chi connectivity index (χ1n) is 9.91. The van der Waals surface area contributed by atoms with E-state index in [4.69, 9.17) is 5.11 Å². The molecular weight excluding hydrogens is 314 g/mol. The molecule has 1 saturated carbocycles. The van der Waals surface area contributed by atoms with Gasteiger partial charge in [-0.1, -0.05) is 13.8 Å². The Balaban J connectivity index is 1.48. The number of aliphatic carboxylic acids is 1. The molecule has 2 heterocycles. The minimum absolute atomic E-state index is 0.363. The summed E-state index contributed by atoms with van der Waals surface area (Å²) in [6.45, 7) is 8.79. The molecule has 1 aliphatic heterocycles. The van der Waals surface area contributed by atoms with E-state index in [1.807, 2.05) is 6.20 Å². The Kier molecular flexibility index (Phi) is 5.82. The van der Waals surface area contributed by atoms with E-state index in [-0.39, 0.29) is 0 Å². The lowest BCUT2D eigenvalue weighted by Crippen LogP contribution is -2.42. The minimum atomic E-state index is -0.631. The fourth-order valence-electron chi connectivity index (χ4n) is 4.66. The molecule has 5 heteroatoms. The lowest BCUT2D eigenvalue weighted by Gasteiger charge is -2.46. The number of hydrogen-bond donors (Lipinski definition) is 1. The van der Waals surface area contributed by atoms with Gasteiger partial charge in [-0.25, -0.2) is 0 Å². The molecule has 25 heavy (non-hydrogen) atoms. The van der Waals surface area contributed by atoms with Crippen molar-refractivity contribution < 1.29 is 9.90 Å². The first-order chi connectivity index (χ1) is 12.0. The summed E-state index contributed by atoms with van der Waals surface area (Å²) in [5.74, 6) is 0.393. The number of piperidine rings is 1. The van der Waals surface area contributed by atoms with E-state index in [1.165, 1.54) is 31.4 Å². The number of likely N-dealkylation sites (tertiary alicyclic amines) is 1. The van der Waals surface area contributed by atoms with Gasteiger partial charge < -0.3 is 5.11 Å². The van der Waals surface area contributed by atoms with Gasteiger partial charge in [0.2, 0.25) is 0 Å². The maximum atomic E-state index is 10.9. The van der Waals surface area contributed by atoms with Gasteiger partial charge in [0.05, 0.1) is 5.69 Å². The summed E-state index contributed by atoms with van der Waals surface area (Å²) in [5.41, 5.74) is 1.82. The first kappa shape index (κ1) is 18.4. The van der Waals surface area contributed by atoms with Crippen molar-refractivity contribution in [3.05, 3.63) is 18.0 Å². The maximum Gasteiger partial charge on any atom is 0.303 e. The van der Waals surface area contributed by atoms with E-state index in [0.29, 0.717) is 23.7 Å². The largest absolute Gasteiger partial charge is 0.481 e. The predicted molar refractivity (Wildman–Crippen MR) is 98.2 cm³/mol. The minimum Gasteiger partial charge on any atom is -0.481 e. The van der Waals surface area contributed by atoms with Crippen LogP contribution >= 0.6 is 0 Å². The number of rotatable bonds is 6. The Morgan fingerprint density at radius 3 is 2.56 bits per heavy atom. The molecule has 0 aromatic carbocycles. The second-order valence-electron chi connectivity index (χ2n) is 8.72. The van der Waals surface area contributed by atoms with Crippen LogP contribution in [0, 0.1) is 17.3 Å². The van der Waals surface area contributed by atoms with Gasteiger partial charge in [-0.3, -0.25) is 14.4 Å². The third-order valence-corrected chi connectivity index (χ3v) is 6.27. The molecule has 140 valence electrons. The van der Waals surface area contributed by atoms with E-state index in [1.54, 1.807) is 0 Å². The van der Waals surface area contributed by atoms with Crippen LogP contribution in [-0.4, -0.2) is 38.8 Å². The van der Waals surface area contributed by atoms with Gasteiger partial charge in [-0.15, -0.1) is 0 Å². The van der Waals surface area contributed by atoms with Crippen molar-refractivity contribution in [3.8, 4) is 0 Å². The van der Waals surface area contributed by atoms with Crippen molar-refractivity contribution in [3.63, 3.8) is 0 Å². The number of nitrogens with zero attached hydrogens (tertiary/aromatic N) is 3. The average Bonchev–Trinajstić information content (AvgIpc) is 2.98. The zero-order valence-corrected chi connectivity index (χ0v) is 15.8. The van der Waals surface area contributed by atoms with Crippen LogP contribution in [0.1, 0.15) is 64.5 Å². The molecule has 1 N–H and O–H groups in total. The highest BCUT2D eigenvalue weighted by Gasteiger charge is 2.38. The molecule has 0 amide bonds. The third-order valence-electron chi connectivity index (χ3n) is 6.27. The molecule has 0 unspecified atom stereocenters. The highest BCUT2D eigenvalue weighted by Crippen LogP contribution is 2.47. The van der Waals surface area contributed by atoms with Gasteiger partial charge in [0.25, 0.3) is 0 Å². The van der Waals surface area contributed by atoms with E-state index in [0.717, 1.165) is 39.0 Å². The van der Waals surface area contributed by atoms with Gasteiger partial charge >= 0.3 is 5.97 Å². The summed E-state index contributed by atoms with van der Waals surface area (Å²) >= 11 is 0. The zero-order chi connectivity index (χ0) is 17.9. The average molecular weight is 348 g/mol. The maximum absolute atomic E-state index is 10.9. The van der Waals surface area contributed by atoms with Gasteiger partial charge in [-0.05, 0) is 74.9 Å². The van der Waals surface area contributed by atoms with Crippen LogP contribution in [0.3, 0.4) is 0 Å². The van der Waals surface area contributed by atoms with Crippen LogP contribution in [0.2, 0.25) is 0 Å². The Hall–Kier alpha value is -1.36. The van der Waals surface area contributed by atoms with E-state index < -0.39 is 5.97 Å².